The van der Waals surface area contributed by atoms with Crippen LogP contribution in [0.5, 0.6) is 0 Å². The lowest BCUT2D eigenvalue weighted by molar-refractivity contribution is 0.0944. The van der Waals surface area contributed by atoms with Crippen molar-refractivity contribution in [1.29, 1.82) is 0 Å². The average Bonchev–Trinajstić information content (AvgIpc) is 2.15. The smallest absolute Gasteiger partial charge is 0.273 e. The third-order valence-electron chi connectivity index (χ3n) is 1.61. The standard InChI is InChI=1S/C9H14N4O/c1-6(2)5-13-9(14)7-8(10)12-4-3-11-7/h3-4,6H,5H2,1-2H3,(H2,10,12)(H,13,14). The van der Waals surface area contributed by atoms with E-state index >= 15 is 0 Å². The van der Waals surface area contributed by atoms with Crippen molar-refractivity contribution >= 4 is 11.7 Å². The van der Waals surface area contributed by atoms with E-state index in [1.165, 1.54) is 12.4 Å². The predicted octanol–water partition coefficient (Wildman–Crippen LogP) is 0.445. The molecular formula is C9H14N4O. The van der Waals surface area contributed by atoms with Gasteiger partial charge in [0, 0.05) is 18.9 Å². The van der Waals surface area contributed by atoms with Crippen LogP contribution < -0.4 is 11.1 Å². The summed E-state index contributed by atoms with van der Waals surface area (Å²) in [6.07, 6.45) is 2.90. The monoisotopic (exact) mass is 194 g/mol. The summed E-state index contributed by atoms with van der Waals surface area (Å²) < 4.78 is 0. The second-order valence-electron chi connectivity index (χ2n) is 3.39. The molecule has 0 aliphatic heterocycles. The highest BCUT2D eigenvalue weighted by Gasteiger charge is 2.11. The summed E-state index contributed by atoms with van der Waals surface area (Å²) in [6.45, 7) is 4.63. The first-order valence-electron chi connectivity index (χ1n) is 4.46. The molecule has 1 amide bonds. The van der Waals surface area contributed by atoms with Crippen LogP contribution in [0.15, 0.2) is 12.4 Å². The Morgan fingerprint density at radius 1 is 1.50 bits per heavy atom. The van der Waals surface area contributed by atoms with Crippen LogP contribution in [0.1, 0.15) is 24.3 Å². The molecule has 0 bridgehead atoms. The lowest BCUT2D eigenvalue weighted by atomic mass is 10.2. The summed E-state index contributed by atoms with van der Waals surface area (Å²) in [7, 11) is 0. The van der Waals surface area contributed by atoms with Gasteiger partial charge in [0.05, 0.1) is 0 Å². The van der Waals surface area contributed by atoms with Gasteiger partial charge in [-0.1, -0.05) is 13.8 Å². The lowest BCUT2D eigenvalue weighted by Gasteiger charge is -2.07. The molecule has 5 heteroatoms. The zero-order chi connectivity index (χ0) is 10.6. The van der Waals surface area contributed by atoms with E-state index in [1.807, 2.05) is 13.8 Å². The van der Waals surface area contributed by atoms with Crippen LogP contribution in [0, 0.1) is 5.92 Å². The molecule has 0 saturated heterocycles. The maximum absolute atomic E-state index is 11.5. The van der Waals surface area contributed by atoms with Gasteiger partial charge in [0.2, 0.25) is 0 Å². The molecule has 0 saturated carbocycles. The number of amides is 1. The molecule has 0 aromatic carbocycles. The molecular weight excluding hydrogens is 180 g/mol. The number of nitrogens with one attached hydrogen (secondary N) is 1. The van der Waals surface area contributed by atoms with Gasteiger partial charge in [-0.2, -0.15) is 0 Å². The van der Waals surface area contributed by atoms with Crippen LogP contribution >= 0.6 is 0 Å². The Hall–Kier alpha value is -1.65. The number of rotatable bonds is 3. The number of nitrogen functional groups attached to an aromatic ring is 1. The highest BCUT2D eigenvalue weighted by molar-refractivity contribution is 5.96. The van der Waals surface area contributed by atoms with E-state index in [2.05, 4.69) is 15.3 Å². The van der Waals surface area contributed by atoms with Gasteiger partial charge in [-0.25, -0.2) is 9.97 Å². The Kier molecular flexibility index (Phi) is 3.39. The summed E-state index contributed by atoms with van der Waals surface area (Å²) in [5.74, 6) is 0.287. The van der Waals surface area contributed by atoms with Gasteiger partial charge >= 0.3 is 0 Å². The second kappa shape index (κ2) is 4.55. The zero-order valence-electron chi connectivity index (χ0n) is 8.32. The van der Waals surface area contributed by atoms with Crippen molar-refractivity contribution in [3.05, 3.63) is 18.1 Å². The van der Waals surface area contributed by atoms with Gasteiger partial charge in [0.1, 0.15) is 0 Å². The van der Waals surface area contributed by atoms with Crippen molar-refractivity contribution in [2.24, 2.45) is 5.92 Å². The maximum atomic E-state index is 11.5. The molecule has 1 aromatic rings. The van der Waals surface area contributed by atoms with Crippen molar-refractivity contribution in [2.45, 2.75) is 13.8 Å². The van der Waals surface area contributed by atoms with Gasteiger partial charge < -0.3 is 11.1 Å². The van der Waals surface area contributed by atoms with E-state index in [0.717, 1.165) is 0 Å². The minimum Gasteiger partial charge on any atom is -0.382 e. The number of hydrogen-bond acceptors (Lipinski definition) is 4. The molecule has 0 fully saturated rings. The molecule has 0 aliphatic rings. The number of nitrogens with two attached hydrogens (primary N) is 1. The van der Waals surface area contributed by atoms with E-state index in [0.29, 0.717) is 12.5 Å². The summed E-state index contributed by atoms with van der Waals surface area (Å²) in [5, 5.41) is 2.72. The minimum atomic E-state index is -0.274. The Balaban J connectivity index is 2.65. The molecule has 1 heterocycles. The van der Waals surface area contributed by atoms with Crippen LogP contribution in [0.2, 0.25) is 0 Å². The molecule has 0 radical (unpaired) electrons. The molecule has 5 nitrogen and oxygen atoms in total. The van der Waals surface area contributed by atoms with Crippen molar-refractivity contribution in [3.8, 4) is 0 Å². The van der Waals surface area contributed by atoms with Crippen molar-refractivity contribution in [1.82, 2.24) is 15.3 Å². The summed E-state index contributed by atoms with van der Waals surface area (Å²) in [6, 6.07) is 0. The molecule has 0 spiro atoms. The predicted molar refractivity (Wildman–Crippen MR) is 53.6 cm³/mol. The van der Waals surface area contributed by atoms with E-state index in [4.69, 9.17) is 5.73 Å². The van der Waals surface area contributed by atoms with Gasteiger partial charge in [-0.05, 0) is 5.92 Å². The number of nitrogens with zero attached hydrogens (tertiary/aromatic N) is 2. The van der Waals surface area contributed by atoms with Crippen LogP contribution in [0.3, 0.4) is 0 Å². The summed E-state index contributed by atoms with van der Waals surface area (Å²) >= 11 is 0. The van der Waals surface area contributed by atoms with Crippen molar-refractivity contribution in [2.75, 3.05) is 12.3 Å². The molecule has 0 unspecified atom stereocenters. The molecule has 1 aromatic heterocycles. The number of aromatic nitrogens is 2. The molecule has 0 atom stereocenters. The largest absolute Gasteiger partial charge is 0.382 e. The Labute approximate surface area is 82.7 Å². The highest BCUT2D eigenvalue weighted by atomic mass is 16.1. The second-order valence-corrected chi connectivity index (χ2v) is 3.39. The van der Waals surface area contributed by atoms with E-state index in [9.17, 15) is 4.79 Å². The summed E-state index contributed by atoms with van der Waals surface area (Å²) in [4.78, 5) is 19.1. The van der Waals surface area contributed by atoms with Gasteiger partial charge in [0.25, 0.3) is 5.91 Å². The Morgan fingerprint density at radius 3 is 2.71 bits per heavy atom. The van der Waals surface area contributed by atoms with Crippen molar-refractivity contribution in [3.63, 3.8) is 0 Å². The zero-order valence-corrected chi connectivity index (χ0v) is 8.32. The fourth-order valence-electron chi connectivity index (χ4n) is 0.904. The fourth-order valence-corrected chi connectivity index (χ4v) is 0.904. The van der Waals surface area contributed by atoms with Gasteiger partial charge in [-0.15, -0.1) is 0 Å². The molecule has 0 aliphatic carbocycles. The van der Waals surface area contributed by atoms with Crippen molar-refractivity contribution < 1.29 is 4.79 Å². The third kappa shape index (κ3) is 2.69. The average molecular weight is 194 g/mol. The quantitative estimate of drug-likeness (QED) is 0.731. The van der Waals surface area contributed by atoms with Crippen LogP contribution in [0.4, 0.5) is 5.82 Å². The number of hydrogen-bond donors (Lipinski definition) is 2. The van der Waals surface area contributed by atoms with Crippen LogP contribution in [-0.4, -0.2) is 22.4 Å². The number of anilines is 1. The minimum absolute atomic E-state index is 0.161. The highest BCUT2D eigenvalue weighted by Crippen LogP contribution is 2.02. The van der Waals surface area contributed by atoms with E-state index in [1.54, 1.807) is 0 Å². The maximum Gasteiger partial charge on any atom is 0.273 e. The first-order chi connectivity index (χ1) is 6.61. The molecule has 76 valence electrons. The Morgan fingerprint density at radius 2 is 2.14 bits per heavy atom. The molecule has 3 N–H and O–H groups in total. The van der Waals surface area contributed by atoms with E-state index in [-0.39, 0.29) is 17.4 Å². The summed E-state index contributed by atoms with van der Waals surface area (Å²) in [5.41, 5.74) is 5.68. The molecule has 14 heavy (non-hydrogen) atoms. The van der Waals surface area contributed by atoms with Gasteiger partial charge in [-0.3, -0.25) is 4.79 Å². The first kappa shape index (κ1) is 10.4. The van der Waals surface area contributed by atoms with Crippen LogP contribution in [0.25, 0.3) is 0 Å². The topological polar surface area (TPSA) is 80.9 Å². The number of carbonyl (C=O) groups is 1. The SMILES string of the molecule is CC(C)CNC(=O)c1nccnc1N. The normalized spacial score (nSPS) is 10.2. The Bertz CT molecular complexity index is 324. The van der Waals surface area contributed by atoms with Gasteiger partial charge in [0.15, 0.2) is 11.5 Å². The van der Waals surface area contributed by atoms with E-state index < -0.39 is 0 Å². The van der Waals surface area contributed by atoms with Crippen LogP contribution in [-0.2, 0) is 0 Å². The third-order valence-corrected chi connectivity index (χ3v) is 1.61. The lowest BCUT2D eigenvalue weighted by Crippen LogP contribution is -2.29. The molecule has 1 rings (SSSR count). The first-order valence-corrected chi connectivity index (χ1v) is 4.46. The fraction of sp³-hybridized carbons (Fsp3) is 0.444. The number of carbonyl (C=O) groups excluding carboxylic acids is 1.